The van der Waals surface area contributed by atoms with Crippen LogP contribution in [0.1, 0.15) is 19.3 Å². The predicted octanol–water partition coefficient (Wildman–Crippen LogP) is 5.77. The number of ether oxygens (including phenoxy) is 4. The predicted molar refractivity (Wildman–Crippen MR) is 172 cm³/mol. The Morgan fingerprint density at radius 1 is 0.917 bits per heavy atom. The van der Waals surface area contributed by atoms with Gasteiger partial charge in [0.25, 0.3) is 0 Å². The third-order valence-corrected chi connectivity index (χ3v) is 9.99. The minimum atomic E-state index is -1.28. The second-order valence-corrected chi connectivity index (χ2v) is 13.0. The quantitative estimate of drug-likeness (QED) is 0.196. The van der Waals surface area contributed by atoms with Crippen molar-refractivity contribution in [1.82, 2.24) is 9.88 Å². The molecule has 10 nitrogen and oxygen atoms in total. The van der Waals surface area contributed by atoms with Gasteiger partial charge < -0.3 is 29.6 Å². The number of hydrogen-bond acceptors (Lipinski definition) is 8. The van der Waals surface area contributed by atoms with Gasteiger partial charge in [-0.25, -0.2) is 8.78 Å². The van der Waals surface area contributed by atoms with Gasteiger partial charge in [-0.1, -0.05) is 0 Å². The molecule has 1 aliphatic heterocycles. The average molecular weight is 657 g/mol. The fourth-order valence-corrected chi connectivity index (χ4v) is 6.70. The molecule has 8 rings (SSSR count). The molecule has 3 aromatic carbocycles. The molecule has 2 amide bonds. The molecule has 4 fully saturated rings. The molecule has 4 aromatic rings. The topological polar surface area (TPSA) is 111 Å². The molecule has 3 atom stereocenters. The number of methoxy groups -OCH3 is 1. The van der Waals surface area contributed by atoms with Gasteiger partial charge in [0.1, 0.15) is 23.1 Å². The van der Waals surface area contributed by atoms with Crippen LogP contribution in [0.15, 0.2) is 66.9 Å². The number of fused-ring (bicyclic) bond motifs is 2. The highest BCUT2D eigenvalue weighted by molar-refractivity contribution is 6.16. The second-order valence-electron chi connectivity index (χ2n) is 13.0. The molecular formula is C36H34F2N4O6. The highest BCUT2D eigenvalue weighted by atomic mass is 19.1. The zero-order valence-corrected chi connectivity index (χ0v) is 26.3. The lowest BCUT2D eigenvalue weighted by Crippen LogP contribution is -2.39. The number of anilines is 2. The fourth-order valence-electron chi connectivity index (χ4n) is 6.70. The molecule has 48 heavy (non-hydrogen) atoms. The summed E-state index contributed by atoms with van der Waals surface area (Å²) in [6.07, 6.45) is 3.58. The zero-order valence-electron chi connectivity index (χ0n) is 26.3. The Kier molecular flexibility index (Phi) is 7.44. The summed E-state index contributed by atoms with van der Waals surface area (Å²) >= 11 is 0. The van der Waals surface area contributed by atoms with Gasteiger partial charge in [-0.3, -0.25) is 19.5 Å². The van der Waals surface area contributed by atoms with Gasteiger partial charge in [-0.05, 0) is 67.8 Å². The molecule has 0 spiro atoms. The van der Waals surface area contributed by atoms with Crippen molar-refractivity contribution in [3.63, 3.8) is 0 Å². The van der Waals surface area contributed by atoms with Crippen molar-refractivity contribution in [2.24, 2.45) is 16.7 Å². The Bertz CT molecular complexity index is 1910. The van der Waals surface area contributed by atoms with Crippen molar-refractivity contribution in [3.8, 4) is 23.0 Å². The first-order valence-corrected chi connectivity index (χ1v) is 16.1. The molecule has 3 saturated carbocycles. The third-order valence-electron chi connectivity index (χ3n) is 9.99. The summed E-state index contributed by atoms with van der Waals surface area (Å²) < 4.78 is 52.2. The van der Waals surface area contributed by atoms with Gasteiger partial charge in [0.15, 0.2) is 23.1 Å². The van der Waals surface area contributed by atoms with Gasteiger partial charge in [0.05, 0.1) is 25.8 Å². The van der Waals surface area contributed by atoms with E-state index in [1.54, 1.807) is 25.4 Å². The maximum atomic E-state index is 15.3. The highest BCUT2D eigenvalue weighted by Gasteiger charge is 2.81. The number of aromatic nitrogens is 1. The van der Waals surface area contributed by atoms with Crippen LogP contribution in [-0.4, -0.2) is 67.8 Å². The van der Waals surface area contributed by atoms with Crippen molar-refractivity contribution >= 4 is 34.1 Å². The van der Waals surface area contributed by atoms with E-state index in [4.69, 9.17) is 18.9 Å². The van der Waals surface area contributed by atoms with E-state index in [0.29, 0.717) is 52.6 Å². The number of nitrogens with zero attached hydrogens (tertiary/aromatic N) is 2. The largest absolute Gasteiger partial charge is 0.493 e. The zero-order chi connectivity index (χ0) is 33.0. The first-order chi connectivity index (χ1) is 23.3. The van der Waals surface area contributed by atoms with Crippen LogP contribution in [-0.2, 0) is 14.3 Å². The van der Waals surface area contributed by atoms with E-state index >= 15 is 4.39 Å². The number of hydrogen-bond donors (Lipinski definition) is 2. The molecule has 12 heteroatoms. The van der Waals surface area contributed by atoms with Crippen LogP contribution in [0.25, 0.3) is 10.9 Å². The van der Waals surface area contributed by atoms with E-state index in [1.165, 1.54) is 42.8 Å². The number of carbonyl (C=O) groups excluding carboxylic acids is 2. The Morgan fingerprint density at radius 3 is 2.33 bits per heavy atom. The van der Waals surface area contributed by atoms with Crippen LogP contribution < -0.4 is 24.8 Å². The normalized spacial score (nSPS) is 23.5. The van der Waals surface area contributed by atoms with Gasteiger partial charge in [0.2, 0.25) is 11.8 Å². The first kappa shape index (κ1) is 30.5. The lowest BCUT2D eigenvalue weighted by molar-refractivity contribution is -0.131. The molecule has 0 bridgehead atoms. The van der Waals surface area contributed by atoms with E-state index < -0.39 is 28.9 Å². The third kappa shape index (κ3) is 5.58. The van der Waals surface area contributed by atoms with E-state index in [2.05, 4.69) is 20.5 Å². The summed E-state index contributed by atoms with van der Waals surface area (Å²) in [4.78, 5) is 32.9. The average Bonchev–Trinajstić information content (AvgIpc) is 4.03. The molecule has 4 aliphatic rings. The van der Waals surface area contributed by atoms with Crippen LogP contribution in [0, 0.1) is 28.4 Å². The summed E-state index contributed by atoms with van der Waals surface area (Å²) in [6.45, 7) is 4.45. The maximum Gasteiger partial charge on any atom is 0.240 e. The van der Waals surface area contributed by atoms with Crippen molar-refractivity contribution < 1.29 is 37.3 Å². The molecule has 1 saturated heterocycles. The van der Waals surface area contributed by atoms with E-state index in [9.17, 15) is 14.0 Å². The Morgan fingerprint density at radius 2 is 1.65 bits per heavy atom. The van der Waals surface area contributed by atoms with E-state index in [0.717, 1.165) is 38.9 Å². The molecule has 248 valence electrons. The molecule has 2 heterocycles. The van der Waals surface area contributed by atoms with E-state index in [1.807, 2.05) is 6.07 Å². The fraction of sp³-hybridized carbons (Fsp3) is 0.361. The van der Waals surface area contributed by atoms with Crippen molar-refractivity contribution in [3.05, 3.63) is 78.5 Å². The number of amides is 2. The number of carbonyl (C=O) groups is 2. The van der Waals surface area contributed by atoms with Crippen LogP contribution in [0.3, 0.4) is 0 Å². The number of nitrogens with one attached hydrogen (secondary N) is 2. The number of pyridine rings is 1. The summed E-state index contributed by atoms with van der Waals surface area (Å²) in [7, 11) is 1.58. The van der Waals surface area contributed by atoms with Crippen molar-refractivity contribution in [1.29, 1.82) is 0 Å². The lowest BCUT2D eigenvalue weighted by Gasteiger charge is -2.28. The van der Waals surface area contributed by atoms with Gasteiger partial charge in [0, 0.05) is 66.1 Å². The Labute approximate surface area is 275 Å². The Hall–Kier alpha value is -4.81. The Balaban J connectivity index is 0.939. The van der Waals surface area contributed by atoms with Gasteiger partial charge in [-0.15, -0.1) is 0 Å². The highest BCUT2D eigenvalue weighted by Crippen LogP contribution is 2.76. The number of halogens is 2. The summed E-state index contributed by atoms with van der Waals surface area (Å²) in [5, 5.41) is 5.92. The van der Waals surface area contributed by atoms with Crippen LogP contribution in [0.5, 0.6) is 23.0 Å². The molecule has 3 aliphatic carbocycles. The molecule has 1 aromatic heterocycles. The minimum Gasteiger partial charge on any atom is -0.493 e. The van der Waals surface area contributed by atoms with Gasteiger partial charge >= 0.3 is 0 Å². The minimum absolute atomic E-state index is 0.0573. The molecular weight excluding hydrogens is 622 g/mol. The number of rotatable bonds is 11. The molecule has 3 unspecified atom stereocenters. The van der Waals surface area contributed by atoms with Crippen LogP contribution in [0.4, 0.5) is 20.2 Å². The second kappa shape index (κ2) is 11.7. The lowest BCUT2D eigenvalue weighted by atomic mass is 10.0. The SMILES string of the molecule is COc1cc2c(Oc3ccc(NC(=O)C4(C(=O)Nc5ccc(F)cc5)CC4)cc3F)ccnc2cc1OC1C2CC21CN1CCOCC1. The monoisotopic (exact) mass is 656 g/mol. The standard InChI is InChI=1S/C36H34F2N4O6/c1-45-30-17-24-27(18-31(30)48-32-25-19-36(25,32)20-42-12-14-46-15-13-42)39-11-8-28(24)47-29-7-6-23(16-26(29)38)41-34(44)35(9-10-35)33(43)40-22-4-2-21(37)3-5-22/h2-8,11,16-18,25,32H,9-10,12-15,19-20H2,1H3,(H,40,43)(H,41,44). The first-order valence-electron chi connectivity index (χ1n) is 16.1. The van der Waals surface area contributed by atoms with Crippen molar-refractivity contribution in [2.45, 2.75) is 25.4 Å². The van der Waals surface area contributed by atoms with Crippen LogP contribution >= 0.6 is 0 Å². The van der Waals surface area contributed by atoms with Crippen LogP contribution in [0.2, 0.25) is 0 Å². The molecule has 2 N–H and O–H groups in total. The number of morpholine rings is 1. The van der Waals surface area contributed by atoms with Crippen molar-refractivity contribution in [2.75, 3.05) is 50.6 Å². The van der Waals surface area contributed by atoms with Gasteiger partial charge in [-0.2, -0.15) is 0 Å². The molecule has 0 radical (unpaired) electrons. The summed E-state index contributed by atoms with van der Waals surface area (Å²) in [5.74, 6) is -0.182. The maximum absolute atomic E-state index is 15.3. The van der Waals surface area contributed by atoms with E-state index in [-0.39, 0.29) is 23.0 Å². The smallest absolute Gasteiger partial charge is 0.240 e. The summed E-state index contributed by atoms with van der Waals surface area (Å²) in [5.41, 5.74) is 0.0939. The summed E-state index contributed by atoms with van der Waals surface area (Å²) in [6, 6.07) is 14.6. The number of benzene rings is 3.